The van der Waals surface area contributed by atoms with Gasteiger partial charge < -0.3 is 4.57 Å². The number of fused-ring (bicyclic) bond motifs is 2. The van der Waals surface area contributed by atoms with Crippen molar-refractivity contribution in [2.24, 2.45) is 0 Å². The molecular formula is C22H17Cl2NZr. The molecule has 2 aromatic carbocycles. The number of benzene rings is 2. The summed E-state index contributed by atoms with van der Waals surface area (Å²) in [4.78, 5) is 0. The van der Waals surface area contributed by atoms with Crippen molar-refractivity contribution in [3.63, 3.8) is 0 Å². The zero-order valence-corrected chi connectivity index (χ0v) is 18.0. The number of halogens is 2. The van der Waals surface area contributed by atoms with Crippen LogP contribution in [0.25, 0.3) is 17.0 Å². The number of nitrogens with zero attached hydrogens (tertiary/aromatic N) is 1. The van der Waals surface area contributed by atoms with Crippen LogP contribution in [0.15, 0.2) is 79.0 Å². The van der Waals surface area contributed by atoms with Crippen LogP contribution in [0, 0.1) is 12.2 Å². The van der Waals surface area contributed by atoms with Gasteiger partial charge in [0.2, 0.25) is 0 Å². The number of aromatic nitrogens is 1. The van der Waals surface area contributed by atoms with Crippen LogP contribution in [0.2, 0.25) is 0 Å². The number of allylic oxidation sites excluding steroid dienone is 5. The van der Waals surface area contributed by atoms with Gasteiger partial charge >= 0.3 is 37.9 Å². The van der Waals surface area contributed by atoms with Crippen molar-refractivity contribution >= 4 is 34.0 Å². The Balaban J connectivity index is 0.000000207. The Hall–Kier alpha value is -1.34. The van der Waals surface area contributed by atoms with Gasteiger partial charge in [-0.2, -0.15) is 11.6 Å². The average molecular weight is 458 g/mol. The second-order valence-electron chi connectivity index (χ2n) is 5.70. The van der Waals surface area contributed by atoms with E-state index in [-0.39, 0.29) is 6.04 Å². The van der Waals surface area contributed by atoms with Crippen molar-refractivity contribution in [3.05, 3.63) is 102 Å². The first kappa shape index (κ1) is 19.4. The summed E-state index contributed by atoms with van der Waals surface area (Å²) in [5, 5.41) is 1.28. The van der Waals surface area contributed by atoms with Gasteiger partial charge in [0.25, 0.3) is 0 Å². The zero-order valence-electron chi connectivity index (χ0n) is 14.1. The van der Waals surface area contributed by atoms with Crippen molar-refractivity contribution in [2.75, 3.05) is 0 Å². The molecule has 2 aliphatic rings. The molecule has 0 radical (unpaired) electrons. The van der Waals surface area contributed by atoms with Crippen LogP contribution >= 0.6 is 17.0 Å². The van der Waals surface area contributed by atoms with E-state index in [1.54, 1.807) is 0 Å². The van der Waals surface area contributed by atoms with E-state index in [1.807, 2.05) is 12.2 Å². The standard InChI is InChI=1S/C17H12N.C5H5.2ClH.Zr/c1-3-7-15-13(5-1)9-10-17(15)18-12-11-14-6-2-4-8-16(14)18;1-2-4-5-3-1;;;/h1-9,11-12,17H;1-3H,4H2;2*1H;/q2*-1;;;+4/p-2. The number of para-hydroxylation sites is 1. The van der Waals surface area contributed by atoms with Crippen LogP contribution in [0.3, 0.4) is 0 Å². The average Bonchev–Trinajstić information content (AvgIpc) is 3.43. The molecule has 0 saturated carbocycles. The van der Waals surface area contributed by atoms with Crippen molar-refractivity contribution in [1.82, 2.24) is 4.57 Å². The molecule has 4 heteroatoms. The molecule has 1 heterocycles. The summed E-state index contributed by atoms with van der Waals surface area (Å²) in [6.07, 6.45) is 17.7. The van der Waals surface area contributed by atoms with Gasteiger partial charge in [0, 0.05) is 11.7 Å². The van der Waals surface area contributed by atoms with E-state index in [2.05, 4.69) is 89.7 Å². The first-order valence-corrected chi connectivity index (χ1v) is 14.6. The molecule has 128 valence electrons. The molecular weight excluding hydrogens is 440 g/mol. The third-order valence-corrected chi connectivity index (χ3v) is 4.18. The molecule has 3 aromatic rings. The Morgan fingerprint density at radius 2 is 1.77 bits per heavy atom. The molecule has 2 aliphatic carbocycles. The first-order chi connectivity index (χ1) is 12.8. The van der Waals surface area contributed by atoms with Gasteiger partial charge in [-0.25, -0.2) is 24.3 Å². The minimum absolute atomic E-state index is 0.209. The van der Waals surface area contributed by atoms with Gasteiger partial charge in [0.05, 0.1) is 0 Å². The van der Waals surface area contributed by atoms with E-state index in [9.17, 15) is 0 Å². The zero-order chi connectivity index (χ0) is 18.2. The molecule has 26 heavy (non-hydrogen) atoms. The normalized spacial score (nSPS) is 15.7. The maximum atomic E-state index is 4.93. The molecule has 0 bridgehead atoms. The van der Waals surface area contributed by atoms with E-state index >= 15 is 0 Å². The van der Waals surface area contributed by atoms with E-state index in [0.717, 1.165) is 6.42 Å². The van der Waals surface area contributed by atoms with Crippen LogP contribution in [0.1, 0.15) is 23.6 Å². The Morgan fingerprint density at radius 1 is 1.00 bits per heavy atom. The number of hydrogen-bond donors (Lipinski definition) is 0. The SMILES string of the molecule is [C-]1=CC=CC1.[C-]1=Cc2ccccc2C1n1ccc2ccccc21.[Cl][Zr+2][Cl]. The van der Waals surface area contributed by atoms with Crippen LogP contribution in [-0.2, 0) is 20.8 Å². The third kappa shape index (κ3) is 4.68. The molecule has 0 fully saturated rings. The fourth-order valence-electron chi connectivity index (χ4n) is 3.05. The van der Waals surface area contributed by atoms with E-state index < -0.39 is 20.8 Å². The van der Waals surface area contributed by atoms with E-state index in [1.165, 1.54) is 22.0 Å². The first-order valence-electron chi connectivity index (χ1n) is 8.27. The van der Waals surface area contributed by atoms with Gasteiger partial charge in [-0.3, -0.25) is 6.08 Å². The third-order valence-electron chi connectivity index (χ3n) is 4.18. The summed E-state index contributed by atoms with van der Waals surface area (Å²) in [6, 6.07) is 19.4. The Labute approximate surface area is 173 Å². The summed E-state index contributed by atoms with van der Waals surface area (Å²) >= 11 is -0.826. The summed E-state index contributed by atoms with van der Waals surface area (Å²) in [5.74, 6) is 0. The summed E-state index contributed by atoms with van der Waals surface area (Å²) < 4.78 is 2.29. The Morgan fingerprint density at radius 3 is 2.50 bits per heavy atom. The Kier molecular flexibility index (Phi) is 7.56. The molecule has 1 unspecified atom stereocenters. The predicted octanol–water partition coefficient (Wildman–Crippen LogP) is 6.74. The van der Waals surface area contributed by atoms with Crippen LogP contribution < -0.4 is 0 Å². The molecule has 0 spiro atoms. The quantitative estimate of drug-likeness (QED) is 0.357. The monoisotopic (exact) mass is 455 g/mol. The van der Waals surface area contributed by atoms with E-state index in [0.29, 0.717) is 0 Å². The van der Waals surface area contributed by atoms with Crippen molar-refractivity contribution in [1.29, 1.82) is 0 Å². The molecule has 5 rings (SSSR count). The molecule has 0 N–H and O–H groups in total. The molecule has 1 aromatic heterocycles. The van der Waals surface area contributed by atoms with Gasteiger partial charge in [0.15, 0.2) is 0 Å². The fraction of sp³-hybridized carbons (Fsp3) is 0.0909. The van der Waals surface area contributed by atoms with Gasteiger partial charge in [0.1, 0.15) is 0 Å². The topological polar surface area (TPSA) is 4.93 Å². The molecule has 0 aliphatic heterocycles. The van der Waals surface area contributed by atoms with Crippen molar-refractivity contribution in [3.8, 4) is 0 Å². The summed E-state index contributed by atoms with van der Waals surface area (Å²) in [6.45, 7) is 0. The van der Waals surface area contributed by atoms with Crippen molar-refractivity contribution < 1.29 is 20.8 Å². The number of hydrogen-bond acceptors (Lipinski definition) is 0. The van der Waals surface area contributed by atoms with Crippen LogP contribution in [-0.4, -0.2) is 4.57 Å². The van der Waals surface area contributed by atoms with Crippen molar-refractivity contribution in [2.45, 2.75) is 12.5 Å². The number of rotatable bonds is 1. The molecule has 1 nitrogen and oxygen atoms in total. The maximum absolute atomic E-state index is 4.93. The molecule has 1 atom stereocenters. The van der Waals surface area contributed by atoms with Gasteiger partial charge in [-0.05, 0) is 23.6 Å². The molecule has 0 saturated heterocycles. The second kappa shape index (κ2) is 10.1. The van der Waals surface area contributed by atoms with Gasteiger partial charge in [-0.1, -0.05) is 36.4 Å². The summed E-state index contributed by atoms with van der Waals surface area (Å²) in [5.41, 5.74) is 3.87. The summed E-state index contributed by atoms with van der Waals surface area (Å²) in [7, 11) is 9.87. The predicted molar refractivity (Wildman–Crippen MR) is 108 cm³/mol. The fourth-order valence-corrected chi connectivity index (χ4v) is 3.05. The second-order valence-corrected chi connectivity index (χ2v) is 9.43. The van der Waals surface area contributed by atoms with Gasteiger partial charge in [-0.15, -0.1) is 18.1 Å². The van der Waals surface area contributed by atoms with Crippen LogP contribution in [0.4, 0.5) is 0 Å². The minimum atomic E-state index is -0.826. The van der Waals surface area contributed by atoms with E-state index in [4.69, 9.17) is 17.0 Å². The van der Waals surface area contributed by atoms with Crippen LogP contribution in [0.5, 0.6) is 0 Å². The molecule has 0 amide bonds. The Bertz CT molecular complexity index is 930.